The number of benzene rings is 1. The summed E-state index contributed by atoms with van der Waals surface area (Å²) >= 11 is 0. The van der Waals surface area contributed by atoms with Crippen LogP contribution in [0, 0.1) is 6.92 Å². The molecule has 0 aliphatic carbocycles. The topological polar surface area (TPSA) is 61.3 Å². The fraction of sp³-hybridized carbons (Fsp3) is 0.438. The Hall–Kier alpha value is -1.81. The second-order valence-electron chi connectivity index (χ2n) is 5.23. The van der Waals surface area contributed by atoms with Crippen LogP contribution in [0.25, 0.3) is 11.3 Å². The van der Waals surface area contributed by atoms with Gasteiger partial charge < -0.3 is 15.0 Å². The van der Waals surface area contributed by atoms with Gasteiger partial charge in [-0.1, -0.05) is 25.1 Å². The zero-order valence-corrected chi connectivity index (χ0v) is 12.6. The first-order valence-corrected chi connectivity index (χ1v) is 6.92. The van der Waals surface area contributed by atoms with Gasteiger partial charge >= 0.3 is 0 Å². The molecule has 1 aromatic carbocycles. The van der Waals surface area contributed by atoms with Crippen molar-refractivity contribution < 1.29 is 9.26 Å². The third kappa shape index (κ3) is 2.70. The largest absolute Gasteiger partial charge is 0.496 e. The average molecular weight is 274 g/mol. The Morgan fingerprint density at radius 1 is 1.35 bits per heavy atom. The van der Waals surface area contributed by atoms with Crippen LogP contribution >= 0.6 is 0 Å². The molecule has 1 heterocycles. The summed E-state index contributed by atoms with van der Waals surface area (Å²) < 4.78 is 11.0. The maximum absolute atomic E-state index is 5.67. The lowest BCUT2D eigenvalue weighted by Crippen LogP contribution is -2.04. The molecule has 0 amide bonds. The third-order valence-corrected chi connectivity index (χ3v) is 3.52. The highest BCUT2D eigenvalue weighted by Crippen LogP contribution is 2.35. The smallest absolute Gasteiger partial charge is 0.174 e. The summed E-state index contributed by atoms with van der Waals surface area (Å²) in [5, 5.41) is 4.06. The van der Waals surface area contributed by atoms with Gasteiger partial charge in [0.1, 0.15) is 5.75 Å². The average Bonchev–Trinajstić information content (AvgIpc) is 2.80. The van der Waals surface area contributed by atoms with E-state index in [0.29, 0.717) is 12.5 Å². The van der Waals surface area contributed by atoms with Crippen LogP contribution in [-0.4, -0.2) is 18.8 Å². The van der Waals surface area contributed by atoms with Crippen LogP contribution in [0.4, 0.5) is 0 Å². The molecule has 0 atom stereocenters. The Morgan fingerprint density at radius 3 is 2.70 bits per heavy atom. The molecule has 4 heteroatoms. The summed E-state index contributed by atoms with van der Waals surface area (Å²) in [7, 11) is 1.68. The molecule has 0 saturated carbocycles. The van der Waals surface area contributed by atoms with Crippen molar-refractivity contribution in [3.8, 4) is 17.1 Å². The van der Waals surface area contributed by atoms with E-state index < -0.39 is 0 Å². The normalized spacial score (nSPS) is 11.1. The van der Waals surface area contributed by atoms with Crippen molar-refractivity contribution in [3.05, 3.63) is 35.0 Å². The van der Waals surface area contributed by atoms with Crippen LogP contribution in [0.3, 0.4) is 0 Å². The summed E-state index contributed by atoms with van der Waals surface area (Å²) in [6, 6.07) is 6.20. The molecule has 0 spiro atoms. The molecule has 2 N–H and O–H groups in total. The van der Waals surface area contributed by atoms with Gasteiger partial charge in [0.2, 0.25) is 0 Å². The van der Waals surface area contributed by atoms with E-state index in [1.165, 1.54) is 5.56 Å². The van der Waals surface area contributed by atoms with Crippen molar-refractivity contribution in [2.75, 3.05) is 13.7 Å². The summed E-state index contributed by atoms with van der Waals surface area (Å²) in [6.07, 6.45) is 0.750. The van der Waals surface area contributed by atoms with Crippen LogP contribution in [-0.2, 0) is 6.42 Å². The molecule has 0 fully saturated rings. The number of hydrogen-bond donors (Lipinski definition) is 1. The molecular weight excluding hydrogens is 252 g/mol. The molecule has 20 heavy (non-hydrogen) atoms. The van der Waals surface area contributed by atoms with E-state index in [9.17, 15) is 0 Å². The van der Waals surface area contributed by atoms with Gasteiger partial charge in [-0.3, -0.25) is 0 Å². The van der Waals surface area contributed by atoms with Crippen molar-refractivity contribution >= 4 is 0 Å². The Morgan fingerprint density at radius 2 is 2.10 bits per heavy atom. The second-order valence-corrected chi connectivity index (χ2v) is 5.23. The Kier molecular flexibility index (Phi) is 4.45. The molecule has 0 bridgehead atoms. The molecule has 108 valence electrons. The van der Waals surface area contributed by atoms with Gasteiger partial charge in [0, 0.05) is 5.56 Å². The minimum atomic E-state index is 0.456. The molecule has 0 radical (unpaired) electrons. The van der Waals surface area contributed by atoms with Crippen LogP contribution in [0.5, 0.6) is 5.75 Å². The number of rotatable bonds is 5. The highest BCUT2D eigenvalue weighted by Gasteiger charge is 2.18. The van der Waals surface area contributed by atoms with Crippen LogP contribution in [0.2, 0.25) is 0 Å². The summed E-state index contributed by atoms with van der Waals surface area (Å²) in [5.74, 6) is 2.03. The van der Waals surface area contributed by atoms with Gasteiger partial charge in [0.15, 0.2) is 5.76 Å². The van der Waals surface area contributed by atoms with Gasteiger partial charge in [-0.2, -0.15) is 0 Å². The van der Waals surface area contributed by atoms with E-state index in [4.69, 9.17) is 15.0 Å². The van der Waals surface area contributed by atoms with Crippen LogP contribution < -0.4 is 10.5 Å². The highest BCUT2D eigenvalue weighted by atomic mass is 16.5. The summed E-state index contributed by atoms with van der Waals surface area (Å²) in [5.41, 5.74) is 9.79. The van der Waals surface area contributed by atoms with Gasteiger partial charge in [-0.05, 0) is 43.5 Å². The second kappa shape index (κ2) is 6.09. The van der Waals surface area contributed by atoms with E-state index in [0.717, 1.165) is 34.8 Å². The number of ether oxygens (including phenoxy) is 1. The van der Waals surface area contributed by atoms with Crippen molar-refractivity contribution in [3.63, 3.8) is 0 Å². The van der Waals surface area contributed by atoms with Gasteiger partial charge in [0.25, 0.3) is 0 Å². The SMILES string of the molecule is COc1cc(C(C)C)ccc1-c1onc(C)c1CCN. The molecule has 2 aromatic rings. The minimum absolute atomic E-state index is 0.456. The van der Waals surface area contributed by atoms with E-state index >= 15 is 0 Å². The molecule has 0 saturated heterocycles. The quantitative estimate of drug-likeness (QED) is 0.909. The molecule has 4 nitrogen and oxygen atoms in total. The summed E-state index contributed by atoms with van der Waals surface area (Å²) in [6.45, 7) is 6.83. The number of methoxy groups -OCH3 is 1. The van der Waals surface area contributed by atoms with Crippen molar-refractivity contribution in [2.24, 2.45) is 5.73 Å². The Balaban J connectivity index is 2.52. The molecule has 0 aliphatic heterocycles. The lowest BCUT2D eigenvalue weighted by atomic mass is 9.98. The van der Waals surface area contributed by atoms with Crippen LogP contribution in [0.15, 0.2) is 22.7 Å². The van der Waals surface area contributed by atoms with E-state index in [1.54, 1.807) is 7.11 Å². The van der Waals surface area contributed by atoms with E-state index in [-0.39, 0.29) is 0 Å². The maximum atomic E-state index is 5.67. The lowest BCUT2D eigenvalue weighted by molar-refractivity contribution is 0.404. The zero-order valence-electron chi connectivity index (χ0n) is 12.6. The maximum Gasteiger partial charge on any atom is 0.174 e. The first kappa shape index (κ1) is 14.6. The predicted molar refractivity (Wildman–Crippen MR) is 80.1 cm³/mol. The lowest BCUT2D eigenvalue weighted by Gasteiger charge is -2.12. The number of nitrogens with two attached hydrogens (primary N) is 1. The molecular formula is C16H22N2O2. The fourth-order valence-corrected chi connectivity index (χ4v) is 2.29. The fourth-order valence-electron chi connectivity index (χ4n) is 2.29. The van der Waals surface area contributed by atoms with Gasteiger partial charge in [-0.25, -0.2) is 0 Å². The minimum Gasteiger partial charge on any atom is -0.496 e. The molecule has 2 rings (SSSR count). The first-order chi connectivity index (χ1) is 9.58. The van der Waals surface area contributed by atoms with Crippen molar-refractivity contribution in [2.45, 2.75) is 33.1 Å². The van der Waals surface area contributed by atoms with Gasteiger partial charge in [0.05, 0.1) is 18.4 Å². The monoisotopic (exact) mass is 274 g/mol. The van der Waals surface area contributed by atoms with Crippen molar-refractivity contribution in [1.29, 1.82) is 0 Å². The molecule has 0 aliphatic rings. The highest BCUT2D eigenvalue weighted by molar-refractivity contribution is 5.70. The van der Waals surface area contributed by atoms with Gasteiger partial charge in [-0.15, -0.1) is 0 Å². The van der Waals surface area contributed by atoms with Crippen molar-refractivity contribution in [1.82, 2.24) is 5.16 Å². The predicted octanol–water partition coefficient (Wildman–Crippen LogP) is 3.28. The first-order valence-electron chi connectivity index (χ1n) is 6.92. The molecule has 0 unspecified atom stereocenters. The standard InChI is InChI=1S/C16H22N2O2/c1-10(2)12-5-6-14(15(9-12)19-4)16-13(7-8-17)11(3)18-20-16/h5-6,9-10H,7-8,17H2,1-4H3. The number of aryl methyl sites for hydroxylation is 1. The van der Waals surface area contributed by atoms with E-state index in [1.807, 2.05) is 13.0 Å². The van der Waals surface area contributed by atoms with Crippen LogP contribution in [0.1, 0.15) is 36.6 Å². The number of hydrogen-bond acceptors (Lipinski definition) is 4. The Labute approximate surface area is 119 Å². The number of aromatic nitrogens is 1. The third-order valence-electron chi connectivity index (χ3n) is 3.52. The molecule has 1 aromatic heterocycles. The summed E-state index contributed by atoms with van der Waals surface area (Å²) in [4.78, 5) is 0. The van der Waals surface area contributed by atoms with E-state index in [2.05, 4.69) is 31.1 Å². The Bertz CT molecular complexity index is 588. The number of nitrogens with zero attached hydrogens (tertiary/aromatic N) is 1. The zero-order chi connectivity index (χ0) is 14.7.